The van der Waals surface area contributed by atoms with Crippen LogP contribution in [-0.2, 0) is 4.79 Å². The van der Waals surface area contributed by atoms with Crippen molar-refractivity contribution in [2.75, 3.05) is 11.9 Å². The number of pyridine rings is 1. The lowest BCUT2D eigenvalue weighted by atomic mass is 9.87. The first-order valence-electron chi connectivity index (χ1n) is 6.75. The standard InChI is InChI=1S/C14H19F4N3O2.2ClH/c1-13(2,3)10(19)11(22)21-8-4-5-9(20-6-8)23-7-14(17,18)12(15)16;;/h4-6,10,12H,7,19H2,1-3H3,(H,21,22);2*1H/t10-;;/m1../s1. The molecule has 0 spiro atoms. The van der Waals surface area contributed by atoms with E-state index in [4.69, 9.17) is 5.73 Å². The summed E-state index contributed by atoms with van der Waals surface area (Å²) in [5.74, 6) is -4.95. The molecule has 11 heteroatoms. The first-order chi connectivity index (χ1) is 10.4. The zero-order valence-electron chi connectivity index (χ0n) is 13.8. The van der Waals surface area contributed by atoms with Gasteiger partial charge in [0.25, 0.3) is 0 Å². The van der Waals surface area contributed by atoms with Gasteiger partial charge in [0.05, 0.1) is 17.9 Å². The summed E-state index contributed by atoms with van der Waals surface area (Å²) in [5.41, 5.74) is 5.62. The van der Waals surface area contributed by atoms with Gasteiger partial charge in [0.2, 0.25) is 11.8 Å². The molecule has 0 aromatic carbocycles. The van der Waals surface area contributed by atoms with Crippen molar-refractivity contribution < 1.29 is 27.1 Å². The Kier molecular flexibility index (Phi) is 10.3. The maximum absolute atomic E-state index is 12.7. The van der Waals surface area contributed by atoms with Gasteiger partial charge < -0.3 is 15.8 Å². The van der Waals surface area contributed by atoms with Crippen molar-refractivity contribution in [3.63, 3.8) is 0 Å². The number of nitrogens with two attached hydrogens (primary N) is 1. The van der Waals surface area contributed by atoms with Crippen LogP contribution in [0.1, 0.15) is 20.8 Å². The number of amides is 1. The van der Waals surface area contributed by atoms with Crippen LogP contribution < -0.4 is 15.8 Å². The number of nitrogens with zero attached hydrogens (tertiary/aromatic N) is 1. The van der Waals surface area contributed by atoms with Crippen LogP contribution in [0.3, 0.4) is 0 Å². The molecule has 25 heavy (non-hydrogen) atoms. The number of hydrogen-bond acceptors (Lipinski definition) is 4. The Bertz CT molecular complexity index is 540. The Labute approximate surface area is 155 Å². The van der Waals surface area contributed by atoms with E-state index < -0.39 is 36.3 Å². The molecule has 0 radical (unpaired) electrons. The molecule has 0 unspecified atom stereocenters. The van der Waals surface area contributed by atoms with Crippen molar-refractivity contribution in [1.82, 2.24) is 4.98 Å². The van der Waals surface area contributed by atoms with E-state index in [1.165, 1.54) is 12.1 Å². The SMILES string of the molecule is CC(C)(C)[C@H](N)C(=O)Nc1ccc(OCC(F)(F)C(F)F)nc1.Cl.Cl. The molecule has 1 aromatic rings. The number of carbonyl (C=O) groups excluding carboxylic acids is 1. The number of ether oxygens (including phenoxy) is 1. The summed E-state index contributed by atoms with van der Waals surface area (Å²) >= 11 is 0. The van der Waals surface area contributed by atoms with Gasteiger partial charge in [-0.3, -0.25) is 4.79 Å². The Balaban J connectivity index is 0. The Morgan fingerprint density at radius 3 is 2.24 bits per heavy atom. The average Bonchev–Trinajstić information content (AvgIpc) is 2.44. The van der Waals surface area contributed by atoms with E-state index >= 15 is 0 Å². The van der Waals surface area contributed by atoms with Crippen LogP contribution in [0.25, 0.3) is 0 Å². The molecule has 1 rings (SSSR count). The summed E-state index contributed by atoms with van der Waals surface area (Å²) in [4.78, 5) is 15.6. The second-order valence-corrected chi connectivity index (χ2v) is 6.07. The van der Waals surface area contributed by atoms with Gasteiger partial charge in [0.1, 0.15) is 0 Å². The molecule has 1 atom stereocenters. The number of aromatic nitrogens is 1. The fraction of sp³-hybridized carbons (Fsp3) is 0.571. The van der Waals surface area contributed by atoms with E-state index in [1.807, 2.05) is 0 Å². The maximum Gasteiger partial charge on any atom is 0.340 e. The first-order valence-corrected chi connectivity index (χ1v) is 6.75. The van der Waals surface area contributed by atoms with E-state index in [-0.39, 0.29) is 36.4 Å². The molecule has 0 aliphatic carbocycles. The second-order valence-electron chi connectivity index (χ2n) is 6.07. The number of anilines is 1. The molecule has 1 amide bonds. The summed E-state index contributed by atoms with van der Waals surface area (Å²) in [6.45, 7) is 3.92. The van der Waals surface area contributed by atoms with Crippen LogP contribution in [0, 0.1) is 5.41 Å². The molecule has 0 saturated heterocycles. The molecule has 1 aromatic heterocycles. The number of nitrogens with one attached hydrogen (secondary N) is 1. The van der Waals surface area contributed by atoms with E-state index in [9.17, 15) is 22.4 Å². The molecular formula is C14H21Cl2F4N3O2. The molecule has 5 nitrogen and oxygen atoms in total. The molecule has 0 aliphatic rings. The fourth-order valence-electron chi connectivity index (χ4n) is 1.39. The van der Waals surface area contributed by atoms with E-state index in [2.05, 4.69) is 15.0 Å². The highest BCUT2D eigenvalue weighted by Gasteiger charge is 2.41. The Morgan fingerprint density at radius 1 is 1.28 bits per heavy atom. The van der Waals surface area contributed by atoms with Gasteiger partial charge in [0, 0.05) is 6.07 Å². The smallest absolute Gasteiger partial charge is 0.340 e. The Hall–Kier alpha value is -1.32. The van der Waals surface area contributed by atoms with Crippen molar-refractivity contribution in [2.24, 2.45) is 11.1 Å². The van der Waals surface area contributed by atoms with E-state index in [0.717, 1.165) is 6.20 Å². The molecule has 0 fully saturated rings. The largest absolute Gasteiger partial charge is 0.471 e. The molecular weight excluding hydrogens is 389 g/mol. The first kappa shape index (κ1) is 25.9. The molecule has 0 aliphatic heterocycles. The predicted molar refractivity (Wildman–Crippen MR) is 91.2 cm³/mol. The molecule has 1 heterocycles. The third kappa shape index (κ3) is 8.06. The Morgan fingerprint density at radius 2 is 1.84 bits per heavy atom. The molecule has 0 bridgehead atoms. The number of halogens is 6. The van der Waals surface area contributed by atoms with Gasteiger partial charge in [0.15, 0.2) is 6.61 Å². The van der Waals surface area contributed by atoms with E-state index in [1.54, 1.807) is 20.8 Å². The van der Waals surface area contributed by atoms with Gasteiger partial charge in [-0.15, -0.1) is 24.8 Å². The van der Waals surface area contributed by atoms with Gasteiger partial charge in [-0.2, -0.15) is 8.78 Å². The van der Waals surface area contributed by atoms with Crippen LogP contribution in [0.2, 0.25) is 0 Å². The minimum atomic E-state index is -4.26. The fourth-order valence-corrected chi connectivity index (χ4v) is 1.39. The minimum absolute atomic E-state index is 0. The highest BCUT2D eigenvalue weighted by atomic mass is 35.5. The normalized spacial score (nSPS) is 12.7. The topological polar surface area (TPSA) is 77.2 Å². The lowest BCUT2D eigenvalue weighted by Crippen LogP contribution is -2.45. The van der Waals surface area contributed by atoms with Gasteiger partial charge in [-0.1, -0.05) is 20.8 Å². The van der Waals surface area contributed by atoms with Crippen LogP contribution in [0.5, 0.6) is 5.88 Å². The van der Waals surface area contributed by atoms with Crippen molar-refractivity contribution in [3.8, 4) is 5.88 Å². The van der Waals surface area contributed by atoms with Crippen molar-refractivity contribution in [3.05, 3.63) is 18.3 Å². The maximum atomic E-state index is 12.7. The predicted octanol–water partition coefficient (Wildman–Crippen LogP) is 3.52. The lowest BCUT2D eigenvalue weighted by Gasteiger charge is -2.25. The monoisotopic (exact) mass is 409 g/mol. The van der Waals surface area contributed by atoms with Crippen LogP contribution in [0.15, 0.2) is 18.3 Å². The minimum Gasteiger partial charge on any atom is -0.471 e. The van der Waals surface area contributed by atoms with E-state index in [0.29, 0.717) is 0 Å². The lowest BCUT2D eigenvalue weighted by molar-refractivity contribution is -0.148. The number of rotatable bonds is 6. The van der Waals surface area contributed by atoms with Crippen LogP contribution in [0.4, 0.5) is 23.2 Å². The van der Waals surface area contributed by atoms with Crippen LogP contribution >= 0.6 is 24.8 Å². The molecule has 0 saturated carbocycles. The molecule has 146 valence electrons. The third-order valence-electron chi connectivity index (χ3n) is 2.95. The van der Waals surface area contributed by atoms with Gasteiger partial charge >= 0.3 is 12.3 Å². The summed E-state index contributed by atoms with van der Waals surface area (Å²) in [7, 11) is 0. The van der Waals surface area contributed by atoms with Crippen molar-refractivity contribution in [2.45, 2.75) is 39.2 Å². The summed E-state index contributed by atoms with van der Waals surface area (Å²) in [5, 5.41) is 2.52. The highest BCUT2D eigenvalue weighted by molar-refractivity contribution is 5.95. The average molecular weight is 410 g/mol. The summed E-state index contributed by atoms with van der Waals surface area (Å²) in [6, 6.07) is 1.76. The number of carbonyl (C=O) groups is 1. The highest BCUT2D eigenvalue weighted by Crippen LogP contribution is 2.24. The van der Waals surface area contributed by atoms with Crippen LogP contribution in [-0.4, -0.2) is 35.9 Å². The number of alkyl halides is 4. The zero-order chi connectivity index (χ0) is 17.8. The second kappa shape index (κ2) is 9.98. The third-order valence-corrected chi connectivity index (χ3v) is 2.95. The van der Waals surface area contributed by atoms with Gasteiger partial charge in [-0.05, 0) is 11.5 Å². The van der Waals surface area contributed by atoms with Crippen molar-refractivity contribution >= 4 is 36.4 Å². The summed E-state index contributed by atoms with van der Waals surface area (Å²) < 4.78 is 53.9. The van der Waals surface area contributed by atoms with Gasteiger partial charge in [-0.25, -0.2) is 13.8 Å². The molecule has 3 N–H and O–H groups in total. The number of hydrogen-bond donors (Lipinski definition) is 2. The van der Waals surface area contributed by atoms with Crippen molar-refractivity contribution in [1.29, 1.82) is 0 Å². The zero-order valence-corrected chi connectivity index (χ0v) is 15.4. The summed E-state index contributed by atoms with van der Waals surface area (Å²) in [6.07, 6.45) is -2.66. The quantitative estimate of drug-likeness (QED) is 0.704.